The van der Waals surface area contributed by atoms with E-state index in [-0.39, 0.29) is 55.0 Å². The number of nitrogens with one attached hydrogen (secondary N) is 5. The number of benzene rings is 2. The van der Waals surface area contributed by atoms with Crippen molar-refractivity contribution in [3.63, 3.8) is 0 Å². The number of nitrogens with zero attached hydrogens (tertiary/aromatic N) is 1. The van der Waals surface area contributed by atoms with Crippen molar-refractivity contribution in [2.24, 2.45) is 0 Å². The van der Waals surface area contributed by atoms with E-state index in [1.54, 1.807) is 136 Å². The number of ketones is 1. The fourth-order valence-corrected chi connectivity index (χ4v) is 14.3. The number of halogens is 6. The molecule has 334 valence electrons. The summed E-state index contributed by atoms with van der Waals surface area (Å²) in [4.78, 5) is 83.8. The summed E-state index contributed by atoms with van der Waals surface area (Å²) in [6, 6.07) is -2.83. The number of rotatable bonds is 22. The van der Waals surface area contributed by atoms with E-state index in [1.165, 1.54) is 7.05 Å². The Kier molecular flexibility index (Phi) is 24.5. The Hall–Kier alpha value is -0.560. The van der Waals surface area contributed by atoms with E-state index in [2.05, 4.69) is 26.6 Å². The smallest absolute Gasteiger partial charge is 0.253 e. The lowest BCUT2D eigenvalue weighted by atomic mass is 10.0. The Morgan fingerprint density at radius 3 is 1.47 bits per heavy atom. The highest BCUT2D eigenvalue weighted by atomic mass is 127. The Morgan fingerprint density at radius 1 is 0.600 bits per heavy atom. The fourth-order valence-electron chi connectivity index (χ4n) is 5.07. The van der Waals surface area contributed by atoms with Crippen LogP contribution in [0.15, 0.2) is 0 Å². The molecule has 2 rings (SSSR count). The average Bonchev–Trinajstić information content (AvgIpc) is 3.21. The predicted molar refractivity (Wildman–Crippen MR) is 264 cm³/mol. The molecule has 5 amide bonds. The van der Waals surface area contributed by atoms with Gasteiger partial charge in [0.1, 0.15) is 6.61 Å². The van der Waals surface area contributed by atoms with Gasteiger partial charge in [-0.15, -0.1) is 0 Å². The number of amides is 5. The molecule has 21 nitrogen and oxygen atoms in total. The maximum Gasteiger partial charge on any atom is 0.253 e. The lowest BCUT2D eigenvalue weighted by Gasteiger charge is -2.29. The average molecular weight is 1520 g/mol. The zero-order valence-corrected chi connectivity index (χ0v) is 43.9. The summed E-state index contributed by atoms with van der Waals surface area (Å²) in [5, 5.41) is 100. The summed E-state index contributed by atoms with van der Waals surface area (Å²) >= 11 is 10.3. The number of aliphatic hydroxyl groups is 9. The van der Waals surface area contributed by atoms with Gasteiger partial charge in [0.05, 0.1) is 115 Å². The molecule has 0 spiro atoms. The number of carbonyl (C=O) groups excluding carboxylic acids is 6. The Balaban J connectivity index is 3.07. The van der Waals surface area contributed by atoms with Crippen molar-refractivity contribution in [1.82, 2.24) is 21.3 Å². The maximum absolute atomic E-state index is 14.7. The summed E-state index contributed by atoms with van der Waals surface area (Å²) in [5.74, 6) is -5.35. The molecule has 0 heterocycles. The van der Waals surface area contributed by atoms with Gasteiger partial charge in [0.2, 0.25) is 11.8 Å². The van der Waals surface area contributed by atoms with Crippen molar-refractivity contribution in [3.8, 4) is 0 Å². The van der Waals surface area contributed by atoms with E-state index >= 15 is 0 Å². The third-order valence-electron chi connectivity index (χ3n) is 8.22. The minimum absolute atomic E-state index is 0.0256. The van der Waals surface area contributed by atoms with Crippen molar-refractivity contribution in [3.05, 3.63) is 43.7 Å². The number of Topliss-reactive ketones (excluding diaryl/α,β-unsaturated/α-hetero) is 1. The molecule has 0 aliphatic rings. The summed E-state index contributed by atoms with van der Waals surface area (Å²) in [5.41, 5.74) is -1.14. The molecule has 0 radical (unpaired) electrons. The van der Waals surface area contributed by atoms with Crippen LogP contribution < -0.4 is 31.5 Å². The van der Waals surface area contributed by atoms with Gasteiger partial charge in [-0.05, 0) is 143 Å². The third-order valence-corrected chi connectivity index (χ3v) is 14.6. The van der Waals surface area contributed by atoms with Gasteiger partial charge in [0, 0.05) is 22.8 Å². The van der Waals surface area contributed by atoms with Gasteiger partial charge in [-0.2, -0.15) is 0 Å². The Morgan fingerprint density at radius 2 is 1.05 bits per heavy atom. The first-order chi connectivity index (χ1) is 28.2. The number of aliphatic hydroxyl groups excluding tert-OH is 9. The minimum atomic E-state index is -1.63. The molecule has 5 unspecified atom stereocenters. The van der Waals surface area contributed by atoms with E-state index < -0.39 is 125 Å². The second-order valence-electron chi connectivity index (χ2n) is 12.3. The zero-order chi connectivity index (χ0) is 45.8. The summed E-state index contributed by atoms with van der Waals surface area (Å²) in [6.07, 6.45) is -4.60. The Labute approximate surface area is 423 Å². The first-order valence-electron chi connectivity index (χ1n) is 17.0. The SMILES string of the molecule is CNCC(=O)N(CC(=O)c1c(I)c(NC(=O)CO)c(I)c(C(=O)NCC(O)CO)c1I)c1c(I)c(C(=O)NC(CO)C(O)CO)c(I)c(C(=O)NC(CO)C(O)CO)c1I. The lowest BCUT2D eigenvalue weighted by Crippen LogP contribution is -2.49. The van der Waals surface area contributed by atoms with Crippen molar-refractivity contribution >= 4 is 182 Å². The molecule has 0 aromatic heterocycles. The van der Waals surface area contributed by atoms with Gasteiger partial charge in [-0.25, -0.2) is 0 Å². The van der Waals surface area contributed by atoms with Crippen LogP contribution in [0.3, 0.4) is 0 Å². The van der Waals surface area contributed by atoms with Crippen LogP contribution in [-0.4, -0.2) is 178 Å². The highest BCUT2D eigenvalue weighted by molar-refractivity contribution is 14.1. The maximum atomic E-state index is 14.7. The van der Waals surface area contributed by atoms with Gasteiger partial charge in [-0.1, -0.05) is 0 Å². The number of anilines is 2. The molecular formula is C33H40I6N6O15. The van der Waals surface area contributed by atoms with Crippen LogP contribution in [0.5, 0.6) is 0 Å². The molecule has 0 bridgehead atoms. The number of likely N-dealkylation sites (N-methyl/N-ethyl adjacent to an activating group) is 1. The summed E-state index contributed by atoms with van der Waals surface area (Å²) in [6.45, 7) is -6.68. The first-order valence-corrected chi connectivity index (χ1v) is 23.5. The molecule has 0 aliphatic heterocycles. The Bertz CT molecular complexity index is 1890. The van der Waals surface area contributed by atoms with Crippen LogP contribution in [0, 0.1) is 21.4 Å². The van der Waals surface area contributed by atoms with E-state index in [1.807, 2.05) is 0 Å². The molecule has 0 saturated heterocycles. The number of hydrogen-bond donors (Lipinski definition) is 14. The normalized spacial score (nSPS) is 13.7. The van der Waals surface area contributed by atoms with Gasteiger partial charge in [0.25, 0.3) is 17.7 Å². The fraction of sp³-hybridized carbons (Fsp3) is 0.455. The van der Waals surface area contributed by atoms with Gasteiger partial charge < -0.3 is 77.4 Å². The first kappa shape index (κ1) is 55.6. The van der Waals surface area contributed by atoms with Crippen LogP contribution in [0.4, 0.5) is 11.4 Å². The van der Waals surface area contributed by atoms with Crippen molar-refractivity contribution < 1.29 is 74.7 Å². The van der Waals surface area contributed by atoms with Crippen molar-refractivity contribution in [2.45, 2.75) is 30.4 Å². The lowest BCUT2D eigenvalue weighted by molar-refractivity contribution is -0.119. The second kappa shape index (κ2) is 26.4. The largest absolute Gasteiger partial charge is 0.394 e. The quantitative estimate of drug-likeness (QED) is 0.0434. The molecule has 2 aromatic rings. The highest BCUT2D eigenvalue weighted by Gasteiger charge is 2.36. The van der Waals surface area contributed by atoms with Crippen LogP contribution in [0.25, 0.3) is 0 Å². The standard InChI is InChI=1S/C33H40I6N6O15/c1-40-3-18(57)45(4-14(53)19-23(34)20(31(58)41-2-11(52)5-46)26(37)29(25(19)36)44-17(56)10-51)30-27(38)21(32(59)42-12(6-47)15(54)8-49)24(35)22(28(30)39)33(60)43-13(7-48)16(55)9-50/h11-13,15-16,40,46-52,54-55H,2-10H2,1H3,(H,41,58)(H,42,59)(H,43,60)(H,44,56). The molecule has 0 aliphatic carbocycles. The second-order valence-corrected chi connectivity index (χ2v) is 18.8. The van der Waals surface area contributed by atoms with Crippen LogP contribution >= 0.6 is 136 Å². The third kappa shape index (κ3) is 13.7. The van der Waals surface area contributed by atoms with Crippen molar-refractivity contribution in [2.75, 3.05) is 76.5 Å². The van der Waals surface area contributed by atoms with Crippen molar-refractivity contribution in [1.29, 1.82) is 0 Å². The molecule has 0 fully saturated rings. The molecular weight excluding hydrogens is 1480 g/mol. The van der Waals surface area contributed by atoms with Gasteiger partial charge in [0.15, 0.2) is 5.78 Å². The van der Waals surface area contributed by atoms with E-state index in [9.17, 15) is 74.7 Å². The highest BCUT2D eigenvalue weighted by Crippen LogP contribution is 2.40. The molecule has 0 saturated carbocycles. The minimum Gasteiger partial charge on any atom is -0.394 e. The monoisotopic (exact) mass is 1520 g/mol. The van der Waals surface area contributed by atoms with Crippen LogP contribution in [-0.2, 0) is 9.59 Å². The molecule has 27 heteroatoms. The van der Waals surface area contributed by atoms with Crippen LogP contribution in [0.2, 0.25) is 0 Å². The van der Waals surface area contributed by atoms with Gasteiger partial charge in [-0.3, -0.25) is 28.8 Å². The molecule has 60 heavy (non-hydrogen) atoms. The zero-order valence-electron chi connectivity index (χ0n) is 30.9. The molecule has 2 aromatic carbocycles. The van der Waals surface area contributed by atoms with E-state index in [0.717, 1.165) is 4.90 Å². The molecule has 5 atom stereocenters. The predicted octanol–water partition coefficient (Wildman–Crippen LogP) is -2.35. The number of carbonyl (C=O) groups is 6. The summed E-state index contributed by atoms with van der Waals surface area (Å²) < 4.78 is 0.137. The summed E-state index contributed by atoms with van der Waals surface area (Å²) in [7, 11) is 1.43. The van der Waals surface area contributed by atoms with E-state index in [4.69, 9.17) is 0 Å². The molecule has 14 N–H and O–H groups in total. The van der Waals surface area contributed by atoms with E-state index in [0.29, 0.717) is 0 Å². The van der Waals surface area contributed by atoms with Gasteiger partial charge >= 0.3 is 0 Å². The van der Waals surface area contributed by atoms with Crippen LogP contribution in [0.1, 0.15) is 41.4 Å². The number of hydrogen-bond acceptors (Lipinski definition) is 16. The topological polar surface area (TPSA) is 348 Å².